The van der Waals surface area contributed by atoms with Crippen molar-refractivity contribution in [2.75, 3.05) is 14.2 Å². The predicted octanol–water partition coefficient (Wildman–Crippen LogP) is 7.61. The lowest BCUT2D eigenvalue weighted by molar-refractivity contribution is 0.395. The van der Waals surface area contributed by atoms with Crippen molar-refractivity contribution in [3.05, 3.63) is 28.8 Å². The van der Waals surface area contributed by atoms with Crippen molar-refractivity contribution in [3.8, 4) is 11.5 Å². The maximum atomic E-state index is 6.01. The van der Waals surface area contributed by atoms with Gasteiger partial charge < -0.3 is 9.47 Å². The Hall–Kier alpha value is -1.01. The van der Waals surface area contributed by atoms with Crippen molar-refractivity contribution in [1.29, 1.82) is 0 Å². The molecule has 29 heavy (non-hydrogen) atoms. The van der Waals surface area contributed by atoms with Crippen LogP contribution in [0.5, 0.6) is 11.5 Å². The predicted molar refractivity (Wildman–Crippen MR) is 127 cm³/mol. The van der Waals surface area contributed by atoms with Crippen molar-refractivity contribution < 1.29 is 9.47 Å². The lowest BCUT2D eigenvalue weighted by Gasteiger charge is -2.42. The van der Waals surface area contributed by atoms with Crippen LogP contribution in [-0.2, 0) is 5.16 Å². The van der Waals surface area contributed by atoms with Crippen LogP contribution in [0.15, 0.2) is 17.7 Å². The van der Waals surface area contributed by atoms with E-state index in [1.165, 1.54) is 80.9 Å². The second-order valence-corrected chi connectivity index (χ2v) is 13.3. The summed E-state index contributed by atoms with van der Waals surface area (Å²) < 4.78 is 11.9. The highest BCUT2D eigenvalue weighted by molar-refractivity contribution is 7.60. The van der Waals surface area contributed by atoms with E-state index in [1.807, 2.05) is 14.2 Å². The smallest absolute Gasteiger partial charge is 0.127 e. The lowest BCUT2D eigenvalue weighted by atomic mass is 9.95. The van der Waals surface area contributed by atoms with Crippen LogP contribution in [0.1, 0.15) is 96.1 Å². The van der Waals surface area contributed by atoms with Crippen molar-refractivity contribution in [2.24, 2.45) is 0 Å². The maximum absolute atomic E-state index is 6.01. The number of fused-ring (bicyclic) bond motifs is 1. The molecular formula is C26H40O2P+. The van der Waals surface area contributed by atoms with Gasteiger partial charge in [0.15, 0.2) is 0 Å². The van der Waals surface area contributed by atoms with Gasteiger partial charge in [-0.05, 0) is 95.4 Å². The number of methoxy groups -OCH3 is 2. The number of hydrogen-bond donors (Lipinski definition) is 0. The van der Waals surface area contributed by atoms with Crippen LogP contribution in [0, 0.1) is 0 Å². The van der Waals surface area contributed by atoms with E-state index in [0.29, 0.717) is 0 Å². The van der Waals surface area contributed by atoms with E-state index in [4.69, 9.17) is 9.47 Å². The van der Waals surface area contributed by atoms with Crippen molar-refractivity contribution >= 4 is 13.5 Å². The Balaban J connectivity index is 1.90. The van der Waals surface area contributed by atoms with Gasteiger partial charge >= 0.3 is 0 Å². The van der Waals surface area contributed by atoms with Crippen LogP contribution < -0.4 is 9.47 Å². The molecule has 0 bridgehead atoms. The molecule has 0 saturated heterocycles. The van der Waals surface area contributed by atoms with Crippen LogP contribution in [-0.4, -0.2) is 25.5 Å². The van der Waals surface area contributed by atoms with Gasteiger partial charge in [-0.15, -0.1) is 0 Å². The lowest BCUT2D eigenvalue weighted by Crippen LogP contribution is -2.33. The minimum atomic E-state index is -0.665. The average molecular weight is 416 g/mol. The Kier molecular flexibility index (Phi) is 6.31. The summed E-state index contributed by atoms with van der Waals surface area (Å²) in [6.07, 6.45) is 14.4. The van der Waals surface area contributed by atoms with Crippen molar-refractivity contribution in [1.82, 2.24) is 0 Å². The molecule has 0 radical (unpaired) electrons. The number of hydrogen-bond acceptors (Lipinski definition) is 2. The molecule has 3 aliphatic carbocycles. The third-order valence-electron chi connectivity index (χ3n) is 8.42. The zero-order chi connectivity index (χ0) is 20.6. The average Bonchev–Trinajstić information content (AvgIpc) is 2.97. The van der Waals surface area contributed by atoms with Crippen LogP contribution in [0.4, 0.5) is 0 Å². The highest BCUT2D eigenvalue weighted by Gasteiger charge is 2.57. The summed E-state index contributed by atoms with van der Waals surface area (Å²) in [6.45, 7) is 7.34. The first-order chi connectivity index (χ1) is 14.0. The number of allylic oxidation sites excluding steroid dienone is 2. The number of ether oxygens (including phenoxy) is 2. The first kappa shape index (κ1) is 21.2. The van der Waals surface area contributed by atoms with Gasteiger partial charge in [0.1, 0.15) is 16.7 Å². The summed E-state index contributed by atoms with van der Waals surface area (Å²) in [5.74, 6) is 2.10. The largest absolute Gasteiger partial charge is 0.496 e. The fourth-order valence-corrected chi connectivity index (χ4v) is 12.4. The second-order valence-electron chi connectivity index (χ2n) is 9.72. The van der Waals surface area contributed by atoms with E-state index in [1.54, 1.807) is 5.57 Å². The van der Waals surface area contributed by atoms with Gasteiger partial charge in [-0.25, -0.2) is 0 Å². The third-order valence-corrected chi connectivity index (χ3v) is 13.1. The number of rotatable bonds is 5. The fraction of sp³-hybridized carbons (Fsp3) is 0.692. The van der Waals surface area contributed by atoms with Crippen LogP contribution >= 0.6 is 7.92 Å². The summed E-state index contributed by atoms with van der Waals surface area (Å²) in [5.41, 5.74) is 7.70. The van der Waals surface area contributed by atoms with Crippen molar-refractivity contribution in [2.45, 2.75) is 101 Å². The molecule has 2 nitrogen and oxygen atoms in total. The molecule has 2 fully saturated rings. The van der Waals surface area contributed by atoms with E-state index in [9.17, 15) is 0 Å². The standard InChI is InChI=1S/C26H39O2P/c1-18-19(2)26(3,25-23(28-5)17-16-22(27-4)24(18)25)29(20-12-8-6-9-13-20)21-14-10-7-11-15-21/h16-17,20-21H,6-15H2,1-5H3/p+1. The van der Waals surface area contributed by atoms with Crippen molar-refractivity contribution in [3.63, 3.8) is 0 Å². The Morgan fingerprint density at radius 2 is 1.28 bits per heavy atom. The molecule has 4 rings (SSSR count). The van der Waals surface area contributed by atoms with Gasteiger partial charge in [0.05, 0.1) is 31.1 Å². The number of benzene rings is 1. The summed E-state index contributed by atoms with van der Waals surface area (Å²) in [4.78, 5) is 0. The second kappa shape index (κ2) is 8.62. The molecule has 3 aliphatic rings. The van der Waals surface area contributed by atoms with E-state index in [0.717, 1.165) is 22.8 Å². The molecule has 0 N–H and O–H groups in total. The first-order valence-electron chi connectivity index (χ1n) is 11.8. The highest BCUT2D eigenvalue weighted by atomic mass is 31.1. The van der Waals surface area contributed by atoms with E-state index >= 15 is 0 Å². The van der Waals surface area contributed by atoms with Gasteiger partial charge in [0.2, 0.25) is 0 Å². The van der Waals surface area contributed by atoms with Crippen LogP contribution in [0.3, 0.4) is 0 Å². The maximum Gasteiger partial charge on any atom is 0.127 e. The molecule has 0 aromatic heterocycles. The Morgan fingerprint density at radius 1 is 0.793 bits per heavy atom. The van der Waals surface area contributed by atoms with Crippen LogP contribution in [0.2, 0.25) is 0 Å². The molecule has 0 spiro atoms. The molecule has 3 heteroatoms. The molecule has 2 saturated carbocycles. The molecule has 1 unspecified atom stereocenters. The van der Waals surface area contributed by atoms with Gasteiger partial charge in [0.25, 0.3) is 0 Å². The Bertz CT molecular complexity index is 753. The molecule has 1 aromatic carbocycles. The van der Waals surface area contributed by atoms with Gasteiger partial charge in [0, 0.05) is 13.5 Å². The molecular weight excluding hydrogens is 375 g/mol. The molecule has 1 aromatic rings. The molecule has 0 aliphatic heterocycles. The summed E-state index contributed by atoms with van der Waals surface area (Å²) in [5, 5.41) is 0.147. The normalized spacial score (nSPS) is 26.1. The molecule has 160 valence electrons. The molecule has 0 heterocycles. The zero-order valence-electron chi connectivity index (χ0n) is 19.2. The Labute approximate surface area is 179 Å². The summed E-state index contributed by atoms with van der Waals surface area (Å²) >= 11 is 0. The topological polar surface area (TPSA) is 18.5 Å². The van der Waals surface area contributed by atoms with Crippen LogP contribution in [0.25, 0.3) is 5.57 Å². The van der Waals surface area contributed by atoms with Gasteiger partial charge in [-0.2, -0.15) is 0 Å². The zero-order valence-corrected chi connectivity index (χ0v) is 20.2. The quantitative estimate of drug-likeness (QED) is 0.461. The third kappa shape index (κ3) is 3.44. The van der Waals surface area contributed by atoms with E-state index < -0.39 is 7.92 Å². The van der Waals surface area contributed by atoms with Gasteiger partial charge in [-0.3, -0.25) is 0 Å². The summed E-state index contributed by atoms with van der Waals surface area (Å²) in [7, 11) is 3.00. The van der Waals surface area contributed by atoms with E-state index in [2.05, 4.69) is 32.9 Å². The van der Waals surface area contributed by atoms with E-state index in [-0.39, 0.29) is 5.16 Å². The van der Waals surface area contributed by atoms with Gasteiger partial charge in [-0.1, -0.05) is 12.8 Å². The molecule has 1 atom stereocenters. The minimum Gasteiger partial charge on any atom is -0.496 e. The minimum absolute atomic E-state index is 0.147. The monoisotopic (exact) mass is 415 g/mol. The molecule has 0 amide bonds. The SMILES string of the molecule is COc1ccc(OC)c2c1C(C)=C(C)C2(C)[PH+](C1CCCCC1)C1CCCCC1. The highest BCUT2D eigenvalue weighted by Crippen LogP contribution is 2.74. The Morgan fingerprint density at radius 3 is 1.76 bits per heavy atom. The fourth-order valence-electron chi connectivity index (χ4n) is 6.86. The first-order valence-corrected chi connectivity index (χ1v) is 13.5. The summed E-state index contributed by atoms with van der Waals surface area (Å²) in [6, 6.07) is 4.26.